The lowest BCUT2D eigenvalue weighted by molar-refractivity contribution is -0.137. The van der Waals surface area contributed by atoms with Gasteiger partial charge in [0.2, 0.25) is 0 Å². The lowest BCUT2D eigenvalue weighted by atomic mass is 10.1. The number of amides is 1. The Hall–Kier alpha value is -3.72. The molecule has 0 saturated heterocycles. The number of rotatable bonds is 5. The van der Waals surface area contributed by atoms with Crippen LogP contribution in [0.4, 0.5) is 19.0 Å². The molecule has 2 N–H and O–H groups in total. The summed E-state index contributed by atoms with van der Waals surface area (Å²) in [6.07, 6.45) is -0.691. The summed E-state index contributed by atoms with van der Waals surface area (Å²) >= 11 is 6.04. The fourth-order valence-corrected chi connectivity index (χ4v) is 3.65. The van der Waals surface area contributed by atoms with Crippen LogP contribution in [-0.2, 0) is 19.3 Å². The van der Waals surface area contributed by atoms with Crippen molar-refractivity contribution in [2.75, 3.05) is 5.73 Å². The Bertz CT molecular complexity index is 1360. The summed E-state index contributed by atoms with van der Waals surface area (Å²) in [5.41, 5.74) is 7.81. The highest BCUT2D eigenvalue weighted by Gasteiger charge is 2.30. The van der Waals surface area contributed by atoms with Crippen LogP contribution < -0.4 is 5.73 Å². The molecule has 0 unspecified atom stereocenters. The molecule has 3 aromatic heterocycles. The Morgan fingerprint density at radius 1 is 1.06 bits per heavy atom. The lowest BCUT2D eigenvalue weighted by Gasteiger charge is -2.23. The summed E-state index contributed by atoms with van der Waals surface area (Å²) in [5.74, 6) is 0.0769. The van der Waals surface area contributed by atoms with Crippen LogP contribution in [0, 0.1) is 6.92 Å². The van der Waals surface area contributed by atoms with E-state index in [2.05, 4.69) is 15.0 Å². The SMILES string of the molecule is Cc1cc2cc(C(=O)N(Cc3cncc(Cl)c3)Cc3ccc(C(F)(F)F)cn3)ccc2nc1N. The van der Waals surface area contributed by atoms with E-state index in [1.165, 1.54) is 17.2 Å². The number of halogens is 4. The number of fused-ring (bicyclic) bond motifs is 1. The number of hydrogen-bond acceptors (Lipinski definition) is 5. The molecular formula is C24H19ClF3N5O. The molecule has 4 aromatic rings. The second kappa shape index (κ2) is 9.26. The molecule has 0 aliphatic carbocycles. The van der Waals surface area contributed by atoms with Crippen molar-refractivity contribution in [2.45, 2.75) is 26.2 Å². The number of nitrogens with zero attached hydrogens (tertiary/aromatic N) is 4. The number of nitrogens with two attached hydrogens (primary N) is 1. The number of carbonyl (C=O) groups is 1. The highest BCUT2D eigenvalue weighted by molar-refractivity contribution is 6.30. The number of benzene rings is 1. The second-order valence-electron chi connectivity index (χ2n) is 7.81. The maximum Gasteiger partial charge on any atom is 0.417 e. The second-order valence-corrected chi connectivity index (χ2v) is 8.24. The molecule has 4 rings (SSSR count). The highest BCUT2D eigenvalue weighted by Crippen LogP contribution is 2.28. The fraction of sp³-hybridized carbons (Fsp3) is 0.167. The van der Waals surface area contributed by atoms with Crippen LogP contribution in [0.2, 0.25) is 5.02 Å². The largest absolute Gasteiger partial charge is 0.417 e. The molecule has 6 nitrogen and oxygen atoms in total. The molecule has 0 bridgehead atoms. The first-order valence-electron chi connectivity index (χ1n) is 10.2. The summed E-state index contributed by atoms with van der Waals surface area (Å²) in [5, 5.41) is 1.15. The van der Waals surface area contributed by atoms with Crippen LogP contribution in [0.15, 0.2) is 61.1 Å². The number of nitrogen functional groups attached to an aromatic ring is 1. The Morgan fingerprint density at radius 3 is 2.53 bits per heavy atom. The molecule has 10 heteroatoms. The van der Waals surface area contributed by atoms with E-state index >= 15 is 0 Å². The molecule has 0 saturated carbocycles. The Kier molecular flexibility index (Phi) is 6.39. The van der Waals surface area contributed by atoms with Crippen molar-refractivity contribution in [1.82, 2.24) is 19.9 Å². The van der Waals surface area contributed by atoms with Gasteiger partial charge in [-0.2, -0.15) is 13.2 Å². The van der Waals surface area contributed by atoms with E-state index in [4.69, 9.17) is 17.3 Å². The summed E-state index contributed by atoms with van der Waals surface area (Å²) in [7, 11) is 0. The number of hydrogen-bond donors (Lipinski definition) is 1. The van der Waals surface area contributed by atoms with E-state index in [0.29, 0.717) is 33.2 Å². The third-order valence-electron chi connectivity index (χ3n) is 5.22. The number of anilines is 1. The van der Waals surface area contributed by atoms with Crippen LogP contribution in [0.5, 0.6) is 0 Å². The van der Waals surface area contributed by atoms with Gasteiger partial charge in [-0.1, -0.05) is 11.6 Å². The van der Waals surface area contributed by atoms with Gasteiger partial charge in [0.05, 0.1) is 28.3 Å². The first-order chi connectivity index (χ1) is 16.1. The van der Waals surface area contributed by atoms with Crippen molar-refractivity contribution < 1.29 is 18.0 Å². The number of alkyl halides is 3. The molecule has 174 valence electrons. The minimum absolute atomic E-state index is 0.0134. The van der Waals surface area contributed by atoms with Gasteiger partial charge in [0, 0.05) is 36.1 Å². The first kappa shape index (κ1) is 23.4. The van der Waals surface area contributed by atoms with Gasteiger partial charge in [0.15, 0.2) is 0 Å². The molecular weight excluding hydrogens is 467 g/mol. The van der Waals surface area contributed by atoms with Crippen molar-refractivity contribution in [1.29, 1.82) is 0 Å². The van der Waals surface area contributed by atoms with Crippen molar-refractivity contribution >= 4 is 34.2 Å². The molecule has 1 amide bonds. The van der Waals surface area contributed by atoms with Crippen LogP contribution in [0.25, 0.3) is 10.9 Å². The zero-order chi connectivity index (χ0) is 24.5. The predicted molar refractivity (Wildman–Crippen MR) is 123 cm³/mol. The average Bonchev–Trinajstić information content (AvgIpc) is 2.78. The van der Waals surface area contributed by atoms with Gasteiger partial charge in [0.25, 0.3) is 5.91 Å². The standard InChI is InChI=1S/C24H19ClF3N5O/c1-14-6-17-8-16(2-5-21(17)32-22(14)29)23(34)33(12-15-7-19(25)11-30-9-15)13-20-4-3-18(10-31-20)24(26,27)28/h2-11H,12-13H2,1H3,(H2,29,32). The predicted octanol–water partition coefficient (Wildman–Crippen LogP) is 5.43. The van der Waals surface area contributed by atoms with E-state index in [1.807, 2.05) is 13.0 Å². The van der Waals surface area contributed by atoms with E-state index in [-0.39, 0.29) is 19.0 Å². The summed E-state index contributed by atoms with van der Waals surface area (Å²) < 4.78 is 38.7. The van der Waals surface area contributed by atoms with Crippen molar-refractivity contribution in [3.05, 3.63) is 94.0 Å². The van der Waals surface area contributed by atoms with Gasteiger partial charge in [-0.15, -0.1) is 0 Å². The van der Waals surface area contributed by atoms with Gasteiger partial charge in [-0.05, 0) is 60.5 Å². The number of pyridine rings is 3. The normalized spacial score (nSPS) is 11.6. The number of aryl methyl sites for hydroxylation is 1. The quantitative estimate of drug-likeness (QED) is 0.407. The molecule has 34 heavy (non-hydrogen) atoms. The highest BCUT2D eigenvalue weighted by atomic mass is 35.5. The molecule has 0 aliphatic rings. The van der Waals surface area contributed by atoms with Crippen LogP contribution in [0.3, 0.4) is 0 Å². The smallest absolute Gasteiger partial charge is 0.383 e. The molecule has 0 radical (unpaired) electrons. The van der Waals surface area contributed by atoms with E-state index < -0.39 is 11.7 Å². The van der Waals surface area contributed by atoms with Crippen LogP contribution in [0.1, 0.15) is 32.7 Å². The Labute approximate surface area is 198 Å². The van der Waals surface area contributed by atoms with Gasteiger partial charge < -0.3 is 10.6 Å². The molecule has 0 spiro atoms. The summed E-state index contributed by atoms with van der Waals surface area (Å²) in [6.45, 7) is 1.94. The number of aromatic nitrogens is 3. The van der Waals surface area contributed by atoms with Crippen molar-refractivity contribution in [3.63, 3.8) is 0 Å². The van der Waals surface area contributed by atoms with E-state index in [1.54, 1.807) is 30.5 Å². The average molecular weight is 486 g/mol. The van der Waals surface area contributed by atoms with Crippen molar-refractivity contribution in [3.8, 4) is 0 Å². The third-order valence-corrected chi connectivity index (χ3v) is 5.43. The maximum absolute atomic E-state index is 13.5. The first-order valence-corrected chi connectivity index (χ1v) is 10.6. The molecule has 0 atom stereocenters. The fourth-order valence-electron chi connectivity index (χ4n) is 3.46. The van der Waals surface area contributed by atoms with Crippen molar-refractivity contribution in [2.24, 2.45) is 0 Å². The molecule has 0 aliphatic heterocycles. The van der Waals surface area contributed by atoms with Gasteiger partial charge in [-0.25, -0.2) is 4.98 Å². The molecule has 0 fully saturated rings. The minimum Gasteiger partial charge on any atom is -0.383 e. The Morgan fingerprint density at radius 2 is 1.85 bits per heavy atom. The van der Waals surface area contributed by atoms with Gasteiger partial charge >= 0.3 is 6.18 Å². The maximum atomic E-state index is 13.5. The third kappa shape index (κ3) is 5.26. The summed E-state index contributed by atoms with van der Waals surface area (Å²) in [6, 6.07) is 10.8. The van der Waals surface area contributed by atoms with E-state index in [0.717, 1.165) is 23.2 Å². The summed E-state index contributed by atoms with van der Waals surface area (Å²) in [4.78, 5) is 27.2. The minimum atomic E-state index is -4.49. The van der Waals surface area contributed by atoms with Crippen LogP contribution in [-0.4, -0.2) is 25.8 Å². The lowest BCUT2D eigenvalue weighted by Crippen LogP contribution is -2.30. The molecule has 1 aromatic carbocycles. The van der Waals surface area contributed by atoms with Crippen LogP contribution >= 0.6 is 11.6 Å². The zero-order valence-electron chi connectivity index (χ0n) is 18.0. The van der Waals surface area contributed by atoms with Gasteiger partial charge in [0.1, 0.15) is 5.82 Å². The van der Waals surface area contributed by atoms with Gasteiger partial charge in [-0.3, -0.25) is 14.8 Å². The molecule has 3 heterocycles. The Balaban J connectivity index is 1.67. The zero-order valence-corrected chi connectivity index (χ0v) is 18.7. The number of carbonyl (C=O) groups excluding carboxylic acids is 1. The van der Waals surface area contributed by atoms with E-state index in [9.17, 15) is 18.0 Å². The topological polar surface area (TPSA) is 85.0 Å². The monoisotopic (exact) mass is 485 g/mol.